The van der Waals surface area contributed by atoms with Crippen molar-refractivity contribution in [3.05, 3.63) is 67.0 Å². The normalized spacial score (nSPS) is 15.2. The highest BCUT2D eigenvalue weighted by Gasteiger charge is 2.29. The van der Waals surface area contributed by atoms with Crippen LogP contribution in [-0.4, -0.2) is 72.2 Å². The van der Waals surface area contributed by atoms with Crippen molar-refractivity contribution in [1.82, 2.24) is 40.0 Å². The molecule has 2 aliphatic rings. The summed E-state index contributed by atoms with van der Waals surface area (Å²) in [6.07, 6.45) is 11.0. The number of amides is 1. The molecule has 45 heavy (non-hydrogen) atoms. The Kier molecular flexibility index (Phi) is 6.90. The van der Waals surface area contributed by atoms with Crippen molar-refractivity contribution in [2.45, 2.75) is 25.7 Å². The average molecular weight is 604 g/mol. The van der Waals surface area contributed by atoms with E-state index in [2.05, 4.69) is 40.3 Å². The number of carbonyl (C=O) groups excluding carboxylic acids is 1. The molecule has 11 nitrogen and oxygen atoms in total. The molecule has 0 radical (unpaired) electrons. The molecule has 12 heteroatoms. The van der Waals surface area contributed by atoms with Gasteiger partial charge in [0.2, 0.25) is 5.91 Å². The average Bonchev–Trinajstić information content (AvgIpc) is 3.40. The molecular weight excluding hydrogens is 573 g/mol. The summed E-state index contributed by atoms with van der Waals surface area (Å²) >= 11 is 0. The van der Waals surface area contributed by atoms with Gasteiger partial charge in [-0.25, -0.2) is 9.37 Å². The molecule has 0 spiro atoms. The second-order valence-electron chi connectivity index (χ2n) is 11.6. The fraction of sp³-hybridized carbons (Fsp3) is 0.273. The van der Waals surface area contributed by atoms with Crippen LogP contribution < -0.4 is 10.1 Å². The fourth-order valence-electron chi connectivity index (χ4n) is 5.83. The molecule has 1 aliphatic heterocycles. The summed E-state index contributed by atoms with van der Waals surface area (Å²) in [5.41, 5.74) is 5.86. The first-order valence-electron chi connectivity index (χ1n) is 15.2. The van der Waals surface area contributed by atoms with Crippen LogP contribution in [0.2, 0.25) is 0 Å². The highest BCUT2D eigenvalue weighted by molar-refractivity contribution is 5.97. The van der Waals surface area contributed by atoms with Crippen molar-refractivity contribution < 1.29 is 13.9 Å². The van der Waals surface area contributed by atoms with E-state index in [1.807, 2.05) is 18.2 Å². The van der Waals surface area contributed by atoms with Gasteiger partial charge in [0.05, 0.1) is 40.5 Å². The van der Waals surface area contributed by atoms with E-state index in [4.69, 9.17) is 9.72 Å². The number of nitrogens with zero attached hydrogens (tertiary/aromatic N) is 6. The lowest BCUT2D eigenvalue weighted by atomic mass is 10.1. The van der Waals surface area contributed by atoms with Crippen LogP contribution in [0, 0.1) is 11.7 Å². The molecule has 6 aromatic rings. The summed E-state index contributed by atoms with van der Waals surface area (Å²) < 4.78 is 20.7. The van der Waals surface area contributed by atoms with Crippen LogP contribution in [0.4, 0.5) is 10.1 Å². The van der Waals surface area contributed by atoms with Gasteiger partial charge in [-0.3, -0.25) is 29.7 Å². The number of aromatic nitrogens is 7. The van der Waals surface area contributed by atoms with E-state index in [0.29, 0.717) is 52.0 Å². The van der Waals surface area contributed by atoms with Crippen molar-refractivity contribution in [2.24, 2.45) is 5.92 Å². The van der Waals surface area contributed by atoms with E-state index in [1.165, 1.54) is 25.0 Å². The summed E-state index contributed by atoms with van der Waals surface area (Å²) in [7, 11) is 0. The van der Waals surface area contributed by atoms with Gasteiger partial charge in [0, 0.05) is 47.4 Å². The molecule has 0 unspecified atom stereocenters. The Morgan fingerprint density at radius 2 is 1.89 bits per heavy atom. The molecule has 1 amide bonds. The number of aromatic amines is 2. The van der Waals surface area contributed by atoms with Crippen molar-refractivity contribution in [3.63, 3.8) is 0 Å². The molecule has 6 heterocycles. The highest BCUT2D eigenvalue weighted by atomic mass is 19.1. The summed E-state index contributed by atoms with van der Waals surface area (Å²) in [5, 5.41) is 11.3. The number of benzene rings is 1. The SMILES string of the molecule is O=C(Nc1cncc(-c2cc3c(-c4nc5c(-c6cc(F)cc(OCCN7CCCC7)c6)nccc5[nH]4)n[nH]c3cn2)c1)C1CC1. The summed E-state index contributed by atoms with van der Waals surface area (Å²) in [6.45, 7) is 3.47. The summed E-state index contributed by atoms with van der Waals surface area (Å²) in [4.78, 5) is 36.3. The second kappa shape index (κ2) is 11.4. The van der Waals surface area contributed by atoms with Gasteiger partial charge in [0.15, 0.2) is 5.82 Å². The number of likely N-dealkylation sites (tertiary alicyclic amines) is 1. The summed E-state index contributed by atoms with van der Waals surface area (Å²) in [6, 6.07) is 10.3. The number of hydrogen-bond acceptors (Lipinski definition) is 8. The van der Waals surface area contributed by atoms with E-state index < -0.39 is 5.82 Å². The molecular formula is C33H30FN9O2. The van der Waals surface area contributed by atoms with Gasteiger partial charge < -0.3 is 15.0 Å². The number of imidazole rings is 1. The van der Waals surface area contributed by atoms with Crippen LogP contribution in [0.25, 0.3) is 56.0 Å². The van der Waals surface area contributed by atoms with Crippen LogP contribution in [0.15, 0.2) is 61.2 Å². The molecule has 1 saturated heterocycles. The maximum absolute atomic E-state index is 14.8. The number of pyridine rings is 3. The van der Waals surface area contributed by atoms with Gasteiger partial charge in [0.1, 0.15) is 29.4 Å². The Morgan fingerprint density at radius 3 is 2.76 bits per heavy atom. The van der Waals surface area contributed by atoms with Crippen molar-refractivity contribution in [1.29, 1.82) is 0 Å². The van der Waals surface area contributed by atoms with E-state index in [9.17, 15) is 9.18 Å². The number of anilines is 1. The zero-order valence-electron chi connectivity index (χ0n) is 24.4. The zero-order valence-corrected chi connectivity index (χ0v) is 24.4. The highest BCUT2D eigenvalue weighted by Crippen LogP contribution is 2.34. The van der Waals surface area contributed by atoms with E-state index in [0.717, 1.165) is 54.5 Å². The molecule has 0 bridgehead atoms. The lowest BCUT2D eigenvalue weighted by Crippen LogP contribution is -2.25. The third-order valence-electron chi connectivity index (χ3n) is 8.34. The first-order valence-corrected chi connectivity index (χ1v) is 15.2. The minimum atomic E-state index is -0.401. The first-order chi connectivity index (χ1) is 22.1. The van der Waals surface area contributed by atoms with Crippen LogP contribution in [0.1, 0.15) is 25.7 Å². The van der Waals surface area contributed by atoms with Gasteiger partial charge in [0.25, 0.3) is 0 Å². The molecule has 0 atom stereocenters. The predicted molar refractivity (Wildman–Crippen MR) is 168 cm³/mol. The lowest BCUT2D eigenvalue weighted by Gasteiger charge is -2.15. The first kappa shape index (κ1) is 27.3. The maximum atomic E-state index is 14.8. The number of ether oxygens (including phenoxy) is 1. The van der Waals surface area contributed by atoms with Crippen molar-refractivity contribution >= 4 is 33.5 Å². The number of H-pyrrole nitrogens is 2. The van der Waals surface area contributed by atoms with E-state index >= 15 is 0 Å². The third-order valence-corrected chi connectivity index (χ3v) is 8.34. The van der Waals surface area contributed by atoms with Gasteiger partial charge in [-0.1, -0.05) is 0 Å². The predicted octanol–water partition coefficient (Wildman–Crippen LogP) is 5.59. The van der Waals surface area contributed by atoms with E-state index in [1.54, 1.807) is 30.9 Å². The molecule has 226 valence electrons. The number of hydrogen-bond donors (Lipinski definition) is 3. The minimum Gasteiger partial charge on any atom is -0.492 e. The monoisotopic (exact) mass is 603 g/mol. The Bertz CT molecular complexity index is 2050. The van der Waals surface area contributed by atoms with Gasteiger partial charge in [-0.05, 0) is 69.1 Å². The number of carbonyl (C=O) groups is 1. The standard InChI is InChI=1S/C33H30FN9O2/c34-22-11-20(13-24(14-22)45-10-9-43-7-1-2-8-43)29-31-26(5-6-36-29)39-32(40-31)30-25-15-27(37-18-28(25)41-42-30)21-12-23(17-35-16-21)38-33(44)19-3-4-19/h5-6,11-19H,1-4,7-10H2,(H,38,44)(H,39,40)(H,41,42). The molecule has 1 saturated carbocycles. The maximum Gasteiger partial charge on any atom is 0.227 e. The zero-order chi connectivity index (χ0) is 30.3. The molecule has 5 aromatic heterocycles. The van der Waals surface area contributed by atoms with Crippen molar-refractivity contribution in [2.75, 3.05) is 31.6 Å². The van der Waals surface area contributed by atoms with Crippen LogP contribution in [-0.2, 0) is 4.79 Å². The van der Waals surface area contributed by atoms with Gasteiger partial charge >= 0.3 is 0 Å². The van der Waals surface area contributed by atoms with Gasteiger partial charge in [-0.15, -0.1) is 0 Å². The number of nitrogens with one attached hydrogen (secondary N) is 3. The fourth-order valence-corrected chi connectivity index (χ4v) is 5.83. The van der Waals surface area contributed by atoms with Crippen molar-refractivity contribution in [3.8, 4) is 39.8 Å². The van der Waals surface area contributed by atoms with Gasteiger partial charge in [-0.2, -0.15) is 5.10 Å². The number of rotatable bonds is 9. The smallest absolute Gasteiger partial charge is 0.227 e. The Morgan fingerprint density at radius 1 is 1.00 bits per heavy atom. The van der Waals surface area contributed by atoms with E-state index in [-0.39, 0.29) is 11.8 Å². The number of halogens is 1. The molecule has 1 aromatic carbocycles. The lowest BCUT2D eigenvalue weighted by molar-refractivity contribution is -0.117. The van der Waals surface area contributed by atoms with Crippen LogP contribution in [0.3, 0.4) is 0 Å². The largest absolute Gasteiger partial charge is 0.492 e. The number of fused-ring (bicyclic) bond motifs is 2. The second-order valence-corrected chi connectivity index (χ2v) is 11.6. The molecule has 8 rings (SSSR count). The third kappa shape index (κ3) is 5.60. The Labute approximate surface area is 257 Å². The van der Waals surface area contributed by atoms with Crippen LogP contribution >= 0.6 is 0 Å². The Hall–Kier alpha value is -5.23. The van der Waals surface area contributed by atoms with Crippen LogP contribution in [0.5, 0.6) is 5.75 Å². The molecule has 2 fully saturated rings. The quantitative estimate of drug-likeness (QED) is 0.195. The molecule has 1 aliphatic carbocycles. The summed E-state index contributed by atoms with van der Waals surface area (Å²) in [5.74, 6) is 0.708. The topological polar surface area (TPSA) is 138 Å². The Balaban J connectivity index is 1.10. The molecule has 3 N–H and O–H groups in total. The minimum absolute atomic E-state index is 0.0211.